The van der Waals surface area contributed by atoms with Gasteiger partial charge in [0.15, 0.2) is 0 Å². The van der Waals surface area contributed by atoms with Crippen LogP contribution in [0, 0.1) is 6.92 Å². The molecule has 2 aliphatic heterocycles. The van der Waals surface area contributed by atoms with Crippen LogP contribution < -0.4 is 5.32 Å². The summed E-state index contributed by atoms with van der Waals surface area (Å²) in [6.45, 7) is 8.51. The molecule has 1 aromatic carbocycles. The van der Waals surface area contributed by atoms with Crippen molar-refractivity contribution in [3.8, 4) is 0 Å². The van der Waals surface area contributed by atoms with E-state index < -0.39 is 0 Å². The first-order chi connectivity index (χ1) is 9.04. The fraction of sp³-hybridized carbons (Fsp3) is 0.562. The van der Waals surface area contributed by atoms with Crippen molar-refractivity contribution in [1.82, 2.24) is 4.90 Å². The SMILES string of the molecule is Cc1cccc2c1[C@@]1(CCCN(C(C)C)C1)C(=O)N2. The Kier molecular flexibility index (Phi) is 2.90. The molecule has 102 valence electrons. The van der Waals surface area contributed by atoms with Crippen molar-refractivity contribution in [2.24, 2.45) is 0 Å². The molecule has 0 unspecified atom stereocenters. The maximum Gasteiger partial charge on any atom is 0.236 e. The topological polar surface area (TPSA) is 32.3 Å². The molecule has 0 saturated carbocycles. The predicted octanol–water partition coefficient (Wildman–Crippen LogP) is 2.69. The summed E-state index contributed by atoms with van der Waals surface area (Å²) in [6.07, 6.45) is 2.07. The van der Waals surface area contributed by atoms with Gasteiger partial charge in [0.2, 0.25) is 5.91 Å². The van der Waals surface area contributed by atoms with E-state index in [1.54, 1.807) is 0 Å². The largest absolute Gasteiger partial charge is 0.325 e. The van der Waals surface area contributed by atoms with Gasteiger partial charge in [0, 0.05) is 18.3 Å². The zero-order chi connectivity index (χ0) is 13.6. The standard InChI is InChI=1S/C16H22N2O/c1-11(2)18-9-5-8-16(10-18)14-12(3)6-4-7-13(14)17-15(16)19/h4,6-7,11H,5,8-10H2,1-3H3,(H,17,19)/t16-/m0/s1. The van der Waals surface area contributed by atoms with Crippen molar-refractivity contribution in [3.05, 3.63) is 29.3 Å². The molecular weight excluding hydrogens is 236 g/mol. The Morgan fingerprint density at radius 3 is 2.89 bits per heavy atom. The van der Waals surface area contributed by atoms with Gasteiger partial charge in [0.05, 0.1) is 5.41 Å². The van der Waals surface area contributed by atoms with E-state index in [0.717, 1.165) is 31.6 Å². The minimum absolute atomic E-state index is 0.196. The molecule has 0 aromatic heterocycles. The molecule has 1 amide bonds. The highest BCUT2D eigenvalue weighted by atomic mass is 16.2. The molecule has 3 rings (SSSR count). The van der Waals surface area contributed by atoms with Crippen LogP contribution in [0.15, 0.2) is 18.2 Å². The van der Waals surface area contributed by atoms with Gasteiger partial charge in [-0.3, -0.25) is 9.69 Å². The van der Waals surface area contributed by atoms with Crippen molar-refractivity contribution in [1.29, 1.82) is 0 Å². The summed E-state index contributed by atoms with van der Waals surface area (Å²) in [7, 11) is 0. The summed E-state index contributed by atoms with van der Waals surface area (Å²) >= 11 is 0. The number of carbonyl (C=O) groups excluding carboxylic acids is 1. The molecule has 3 nitrogen and oxygen atoms in total. The second-order valence-corrected chi connectivity index (χ2v) is 6.20. The summed E-state index contributed by atoms with van der Waals surface area (Å²) in [6, 6.07) is 6.67. The van der Waals surface area contributed by atoms with Gasteiger partial charge in [-0.25, -0.2) is 0 Å². The normalized spacial score (nSPS) is 26.8. The lowest BCUT2D eigenvalue weighted by atomic mass is 9.73. The molecule has 0 radical (unpaired) electrons. The fourth-order valence-electron chi connectivity index (χ4n) is 3.68. The molecule has 1 spiro atoms. The van der Waals surface area contributed by atoms with E-state index in [1.807, 2.05) is 12.1 Å². The quantitative estimate of drug-likeness (QED) is 0.840. The third-order valence-corrected chi connectivity index (χ3v) is 4.69. The van der Waals surface area contributed by atoms with Gasteiger partial charge in [-0.05, 0) is 57.4 Å². The highest BCUT2D eigenvalue weighted by molar-refractivity contribution is 6.07. The second-order valence-electron chi connectivity index (χ2n) is 6.20. The van der Waals surface area contributed by atoms with Gasteiger partial charge in [-0.2, -0.15) is 0 Å². The van der Waals surface area contributed by atoms with Crippen LogP contribution >= 0.6 is 0 Å². The number of benzene rings is 1. The first-order valence-corrected chi connectivity index (χ1v) is 7.20. The van der Waals surface area contributed by atoms with Crippen molar-refractivity contribution in [3.63, 3.8) is 0 Å². The van der Waals surface area contributed by atoms with Gasteiger partial charge in [0.25, 0.3) is 0 Å². The summed E-state index contributed by atoms with van der Waals surface area (Å²) < 4.78 is 0. The van der Waals surface area contributed by atoms with E-state index in [2.05, 4.69) is 37.1 Å². The van der Waals surface area contributed by atoms with E-state index >= 15 is 0 Å². The zero-order valence-electron chi connectivity index (χ0n) is 12.0. The molecule has 19 heavy (non-hydrogen) atoms. The van der Waals surface area contributed by atoms with Crippen LogP contribution in [-0.4, -0.2) is 29.9 Å². The summed E-state index contributed by atoms with van der Waals surface area (Å²) in [5.41, 5.74) is 3.19. The van der Waals surface area contributed by atoms with Gasteiger partial charge in [0.1, 0.15) is 0 Å². The molecule has 3 heteroatoms. The molecule has 1 aromatic rings. The van der Waals surface area contributed by atoms with Crippen LogP contribution in [0.3, 0.4) is 0 Å². The second kappa shape index (κ2) is 4.34. The van der Waals surface area contributed by atoms with Crippen LogP contribution in [0.25, 0.3) is 0 Å². The van der Waals surface area contributed by atoms with E-state index in [-0.39, 0.29) is 11.3 Å². The van der Waals surface area contributed by atoms with Crippen LogP contribution in [0.5, 0.6) is 0 Å². The van der Waals surface area contributed by atoms with Crippen LogP contribution in [0.4, 0.5) is 5.69 Å². The molecule has 2 heterocycles. The number of aryl methyl sites for hydroxylation is 1. The smallest absolute Gasteiger partial charge is 0.236 e. The van der Waals surface area contributed by atoms with Gasteiger partial charge in [-0.1, -0.05) is 12.1 Å². The van der Waals surface area contributed by atoms with Crippen molar-refractivity contribution in [2.45, 2.75) is 45.1 Å². The van der Waals surface area contributed by atoms with Crippen LogP contribution in [0.2, 0.25) is 0 Å². The first kappa shape index (κ1) is 12.7. The Labute approximate surface area is 115 Å². The number of carbonyl (C=O) groups is 1. The number of anilines is 1. The molecule has 1 fully saturated rings. The third kappa shape index (κ3) is 1.79. The average molecular weight is 258 g/mol. The monoisotopic (exact) mass is 258 g/mol. The number of nitrogens with zero attached hydrogens (tertiary/aromatic N) is 1. The molecule has 0 bridgehead atoms. The molecular formula is C16H22N2O. The number of fused-ring (bicyclic) bond motifs is 2. The third-order valence-electron chi connectivity index (χ3n) is 4.69. The minimum Gasteiger partial charge on any atom is -0.325 e. The highest BCUT2D eigenvalue weighted by Gasteiger charge is 2.50. The van der Waals surface area contributed by atoms with Crippen LogP contribution in [0.1, 0.15) is 37.8 Å². The molecule has 2 aliphatic rings. The lowest BCUT2D eigenvalue weighted by Gasteiger charge is -2.41. The Bertz CT molecular complexity index is 523. The van der Waals surface area contributed by atoms with Gasteiger partial charge < -0.3 is 5.32 Å². The Hall–Kier alpha value is -1.35. The number of piperidine rings is 1. The lowest BCUT2D eigenvalue weighted by Crippen LogP contribution is -2.52. The van der Waals surface area contributed by atoms with E-state index in [9.17, 15) is 4.79 Å². The van der Waals surface area contributed by atoms with Gasteiger partial charge in [-0.15, -0.1) is 0 Å². The van der Waals surface area contributed by atoms with Gasteiger partial charge >= 0.3 is 0 Å². The summed E-state index contributed by atoms with van der Waals surface area (Å²) in [5.74, 6) is 0.196. The van der Waals surface area contributed by atoms with Crippen molar-refractivity contribution in [2.75, 3.05) is 18.4 Å². The Morgan fingerprint density at radius 2 is 2.16 bits per heavy atom. The fourth-order valence-corrected chi connectivity index (χ4v) is 3.68. The average Bonchev–Trinajstić information content (AvgIpc) is 2.64. The maximum absolute atomic E-state index is 12.6. The number of hydrogen-bond acceptors (Lipinski definition) is 2. The molecule has 1 N–H and O–H groups in total. The Balaban J connectivity index is 2.07. The van der Waals surface area contributed by atoms with E-state index in [4.69, 9.17) is 0 Å². The number of rotatable bonds is 1. The number of likely N-dealkylation sites (tertiary alicyclic amines) is 1. The summed E-state index contributed by atoms with van der Waals surface area (Å²) in [5, 5.41) is 3.09. The van der Waals surface area contributed by atoms with Crippen LogP contribution in [-0.2, 0) is 10.2 Å². The first-order valence-electron chi connectivity index (χ1n) is 7.20. The highest BCUT2D eigenvalue weighted by Crippen LogP contribution is 2.45. The van der Waals surface area contributed by atoms with Crippen molar-refractivity contribution < 1.29 is 4.79 Å². The zero-order valence-corrected chi connectivity index (χ0v) is 12.0. The molecule has 1 atom stereocenters. The molecule has 1 saturated heterocycles. The molecule has 0 aliphatic carbocycles. The summed E-state index contributed by atoms with van der Waals surface area (Å²) in [4.78, 5) is 15.0. The maximum atomic E-state index is 12.6. The van der Waals surface area contributed by atoms with E-state index in [0.29, 0.717) is 6.04 Å². The van der Waals surface area contributed by atoms with E-state index in [1.165, 1.54) is 11.1 Å². The number of hydrogen-bond donors (Lipinski definition) is 1. The predicted molar refractivity (Wildman–Crippen MR) is 77.4 cm³/mol. The number of amides is 1. The minimum atomic E-state index is -0.316. The number of nitrogens with one attached hydrogen (secondary N) is 1. The Morgan fingerprint density at radius 1 is 1.37 bits per heavy atom. The van der Waals surface area contributed by atoms with Crippen molar-refractivity contribution >= 4 is 11.6 Å². The lowest BCUT2D eigenvalue weighted by molar-refractivity contribution is -0.123.